The Morgan fingerprint density at radius 2 is 1.67 bits per heavy atom. The molecule has 0 aliphatic heterocycles. The number of hydrogen-bond acceptors (Lipinski definition) is 3. The number of benzene rings is 1. The van der Waals surface area contributed by atoms with E-state index in [1.165, 1.54) is 0 Å². The van der Waals surface area contributed by atoms with Gasteiger partial charge in [0.1, 0.15) is 11.8 Å². The van der Waals surface area contributed by atoms with Crippen LogP contribution in [0.3, 0.4) is 0 Å². The van der Waals surface area contributed by atoms with Gasteiger partial charge in [0.25, 0.3) is 5.91 Å². The van der Waals surface area contributed by atoms with Gasteiger partial charge in [-0.2, -0.15) is 0 Å². The maximum atomic E-state index is 12.1. The first-order valence-electron chi connectivity index (χ1n) is 6.91. The van der Waals surface area contributed by atoms with Crippen LogP contribution < -0.4 is 10.1 Å². The Morgan fingerprint density at radius 1 is 1.14 bits per heavy atom. The second-order valence-electron chi connectivity index (χ2n) is 6.30. The number of aliphatic carboxylic acids is 1. The first-order chi connectivity index (χ1) is 9.61. The van der Waals surface area contributed by atoms with Gasteiger partial charge in [-0.15, -0.1) is 0 Å². The lowest BCUT2D eigenvalue weighted by Crippen LogP contribution is -2.49. The van der Waals surface area contributed by atoms with Gasteiger partial charge in [0.15, 0.2) is 0 Å². The highest BCUT2D eigenvalue weighted by atomic mass is 16.5. The summed E-state index contributed by atoms with van der Waals surface area (Å²) < 4.78 is 5.50. The van der Waals surface area contributed by atoms with Crippen LogP contribution in [0, 0.1) is 5.41 Å². The average molecular weight is 293 g/mol. The van der Waals surface area contributed by atoms with Gasteiger partial charge in [-0.3, -0.25) is 4.79 Å². The molecule has 0 radical (unpaired) electrons. The maximum Gasteiger partial charge on any atom is 0.326 e. The van der Waals surface area contributed by atoms with E-state index in [1.54, 1.807) is 45.0 Å². The third-order valence-electron chi connectivity index (χ3n) is 2.88. The summed E-state index contributed by atoms with van der Waals surface area (Å²) in [5.74, 6) is -0.781. The summed E-state index contributed by atoms with van der Waals surface area (Å²) in [6.45, 7) is 9.14. The van der Waals surface area contributed by atoms with Gasteiger partial charge in [-0.25, -0.2) is 4.79 Å². The maximum absolute atomic E-state index is 12.1. The highest BCUT2D eigenvalue weighted by molar-refractivity contribution is 5.96. The van der Waals surface area contributed by atoms with Crippen molar-refractivity contribution >= 4 is 11.9 Å². The van der Waals surface area contributed by atoms with E-state index in [2.05, 4.69) is 5.32 Å². The van der Waals surface area contributed by atoms with Crippen molar-refractivity contribution in [2.24, 2.45) is 5.41 Å². The average Bonchev–Trinajstić information content (AvgIpc) is 2.34. The molecule has 5 heteroatoms. The Morgan fingerprint density at radius 3 is 2.05 bits per heavy atom. The van der Waals surface area contributed by atoms with Gasteiger partial charge in [0, 0.05) is 5.56 Å². The second kappa shape index (κ2) is 6.61. The molecule has 0 bridgehead atoms. The molecule has 1 aromatic rings. The van der Waals surface area contributed by atoms with Crippen LogP contribution in [0.15, 0.2) is 24.3 Å². The summed E-state index contributed by atoms with van der Waals surface area (Å²) in [5, 5.41) is 11.8. The third-order valence-corrected chi connectivity index (χ3v) is 2.88. The largest absolute Gasteiger partial charge is 0.491 e. The Balaban J connectivity index is 2.81. The van der Waals surface area contributed by atoms with Crippen LogP contribution in [0.2, 0.25) is 0 Å². The molecule has 116 valence electrons. The number of carboxylic acid groups (broad SMARTS) is 1. The Kier molecular flexibility index (Phi) is 5.35. The molecule has 0 unspecified atom stereocenters. The van der Waals surface area contributed by atoms with E-state index in [0.29, 0.717) is 11.3 Å². The standard InChI is InChI=1S/C16H23NO4/c1-10(2)21-12-8-6-11(7-9-12)14(18)17-13(15(19)20)16(3,4)5/h6-10,13H,1-5H3,(H,17,18)(H,19,20)/t13-/m1/s1. The van der Waals surface area contributed by atoms with E-state index >= 15 is 0 Å². The minimum absolute atomic E-state index is 0.0574. The first-order valence-corrected chi connectivity index (χ1v) is 6.91. The number of carbonyl (C=O) groups excluding carboxylic acids is 1. The molecule has 1 amide bonds. The lowest BCUT2D eigenvalue weighted by Gasteiger charge is -2.27. The fourth-order valence-corrected chi connectivity index (χ4v) is 1.82. The molecule has 1 aromatic carbocycles. The molecule has 1 rings (SSSR count). The van der Waals surface area contributed by atoms with E-state index < -0.39 is 23.3 Å². The number of ether oxygens (including phenoxy) is 1. The molecule has 0 heterocycles. The van der Waals surface area contributed by atoms with E-state index in [9.17, 15) is 14.7 Å². The zero-order valence-electron chi connectivity index (χ0n) is 13.1. The monoisotopic (exact) mass is 293 g/mol. The molecule has 0 aliphatic rings. The third kappa shape index (κ3) is 5.10. The number of nitrogens with one attached hydrogen (secondary N) is 1. The van der Waals surface area contributed by atoms with Crippen molar-refractivity contribution in [1.29, 1.82) is 0 Å². The van der Waals surface area contributed by atoms with Crippen molar-refractivity contribution in [2.45, 2.75) is 46.8 Å². The molecule has 2 N–H and O–H groups in total. The van der Waals surface area contributed by atoms with Gasteiger partial charge < -0.3 is 15.2 Å². The van der Waals surface area contributed by atoms with Crippen LogP contribution >= 0.6 is 0 Å². The van der Waals surface area contributed by atoms with Crippen molar-refractivity contribution in [3.63, 3.8) is 0 Å². The fourth-order valence-electron chi connectivity index (χ4n) is 1.82. The summed E-state index contributed by atoms with van der Waals surface area (Å²) >= 11 is 0. The van der Waals surface area contributed by atoms with E-state index in [-0.39, 0.29) is 6.10 Å². The van der Waals surface area contributed by atoms with Crippen LogP contribution in [0.4, 0.5) is 0 Å². The lowest BCUT2D eigenvalue weighted by molar-refractivity contribution is -0.142. The van der Waals surface area contributed by atoms with Crippen molar-refractivity contribution in [3.8, 4) is 5.75 Å². The quantitative estimate of drug-likeness (QED) is 0.875. The van der Waals surface area contributed by atoms with Crippen LogP contribution in [-0.2, 0) is 4.79 Å². The molecule has 21 heavy (non-hydrogen) atoms. The van der Waals surface area contributed by atoms with Crippen molar-refractivity contribution in [1.82, 2.24) is 5.32 Å². The van der Waals surface area contributed by atoms with Crippen molar-refractivity contribution in [3.05, 3.63) is 29.8 Å². The van der Waals surface area contributed by atoms with Crippen molar-refractivity contribution in [2.75, 3.05) is 0 Å². The normalized spacial score (nSPS) is 12.9. The first kappa shape index (κ1) is 17.0. The van der Waals surface area contributed by atoms with Gasteiger partial charge in [0.05, 0.1) is 6.10 Å². The van der Waals surface area contributed by atoms with Crippen LogP contribution in [-0.4, -0.2) is 29.1 Å². The number of carboxylic acids is 1. The van der Waals surface area contributed by atoms with Gasteiger partial charge in [0.2, 0.25) is 0 Å². The Bertz CT molecular complexity index is 500. The summed E-state index contributed by atoms with van der Waals surface area (Å²) in [4.78, 5) is 23.4. The second-order valence-corrected chi connectivity index (χ2v) is 6.30. The summed E-state index contributed by atoms with van der Waals surface area (Å²) in [6.07, 6.45) is 0.0574. The predicted molar refractivity (Wildman–Crippen MR) is 80.6 cm³/mol. The molecule has 5 nitrogen and oxygen atoms in total. The molecule has 0 fully saturated rings. The fraction of sp³-hybridized carbons (Fsp3) is 0.500. The number of carbonyl (C=O) groups is 2. The van der Waals surface area contributed by atoms with Crippen molar-refractivity contribution < 1.29 is 19.4 Å². The summed E-state index contributed by atoms with van der Waals surface area (Å²) in [5.41, 5.74) is -0.163. The molecule has 0 saturated carbocycles. The van der Waals surface area contributed by atoms with Gasteiger partial charge >= 0.3 is 5.97 Å². The minimum Gasteiger partial charge on any atom is -0.491 e. The van der Waals surface area contributed by atoms with Crippen LogP contribution in [0.1, 0.15) is 45.0 Å². The molecule has 0 saturated heterocycles. The lowest BCUT2D eigenvalue weighted by atomic mass is 9.86. The number of amides is 1. The van der Waals surface area contributed by atoms with E-state index in [4.69, 9.17) is 4.74 Å². The van der Waals surface area contributed by atoms with Gasteiger partial charge in [-0.05, 0) is 43.5 Å². The van der Waals surface area contributed by atoms with Crippen LogP contribution in [0.25, 0.3) is 0 Å². The smallest absolute Gasteiger partial charge is 0.326 e. The Hall–Kier alpha value is -2.04. The topological polar surface area (TPSA) is 75.6 Å². The van der Waals surface area contributed by atoms with Gasteiger partial charge in [-0.1, -0.05) is 20.8 Å². The molecule has 0 aromatic heterocycles. The number of rotatable bonds is 5. The minimum atomic E-state index is -1.05. The highest BCUT2D eigenvalue weighted by Crippen LogP contribution is 2.20. The van der Waals surface area contributed by atoms with E-state index in [1.807, 2.05) is 13.8 Å². The highest BCUT2D eigenvalue weighted by Gasteiger charge is 2.32. The molecule has 1 atom stereocenters. The molecular formula is C16H23NO4. The number of hydrogen-bond donors (Lipinski definition) is 2. The zero-order valence-corrected chi connectivity index (χ0v) is 13.1. The molecular weight excluding hydrogens is 270 g/mol. The molecule has 0 aliphatic carbocycles. The molecule has 0 spiro atoms. The SMILES string of the molecule is CC(C)Oc1ccc(C(=O)N[C@H](C(=O)O)C(C)(C)C)cc1. The van der Waals surface area contributed by atoms with E-state index in [0.717, 1.165) is 0 Å². The summed E-state index contributed by atoms with van der Waals surface area (Å²) in [7, 11) is 0. The Labute approximate surface area is 125 Å². The zero-order chi connectivity index (χ0) is 16.2. The predicted octanol–water partition coefficient (Wildman–Crippen LogP) is 2.70. The summed E-state index contributed by atoms with van der Waals surface area (Å²) in [6, 6.07) is 5.68. The van der Waals surface area contributed by atoms with Crippen LogP contribution in [0.5, 0.6) is 5.75 Å².